The van der Waals surface area contributed by atoms with E-state index in [1.165, 1.54) is 22.9 Å². The fraction of sp³-hybridized carbons (Fsp3) is 0.409. The number of carbonyl (C=O) groups excluding carboxylic acids is 1. The Hall–Kier alpha value is -3.27. The van der Waals surface area contributed by atoms with E-state index in [0.717, 1.165) is 44.6 Å². The summed E-state index contributed by atoms with van der Waals surface area (Å²) in [6.45, 7) is 1.83. The Kier molecular flexibility index (Phi) is 6.08. The second-order valence-corrected chi connectivity index (χ2v) is 8.81. The van der Waals surface area contributed by atoms with Gasteiger partial charge in [0.25, 0.3) is 0 Å². The summed E-state index contributed by atoms with van der Waals surface area (Å²) in [5, 5.41) is 19.6. The van der Waals surface area contributed by atoms with E-state index in [-0.39, 0.29) is 30.3 Å². The molecule has 1 N–H and O–H groups in total. The number of aromatic nitrogens is 5. The number of hydrogen-bond acceptors (Lipinski definition) is 6. The van der Waals surface area contributed by atoms with E-state index in [4.69, 9.17) is 11.6 Å². The number of carbonyl (C=O) groups is 1. The third kappa shape index (κ3) is 4.90. The number of piperidine rings is 1. The van der Waals surface area contributed by atoms with Crippen LogP contribution >= 0.6 is 11.6 Å². The van der Waals surface area contributed by atoms with Crippen molar-refractivity contribution >= 4 is 23.4 Å². The van der Waals surface area contributed by atoms with Gasteiger partial charge in [-0.2, -0.15) is 5.10 Å². The minimum atomic E-state index is -0.454. The van der Waals surface area contributed by atoms with Crippen LogP contribution in [0.2, 0.25) is 5.02 Å². The molecular weight excluding hydrogens is 447 g/mol. The molecule has 1 atom stereocenters. The lowest BCUT2D eigenvalue weighted by Crippen LogP contribution is -2.54. The topological polar surface area (TPSA) is 92.1 Å². The monoisotopic (exact) mass is 470 g/mol. The van der Waals surface area contributed by atoms with Crippen molar-refractivity contribution in [2.75, 3.05) is 18.0 Å². The maximum Gasteiger partial charge on any atom is 0.318 e. The summed E-state index contributed by atoms with van der Waals surface area (Å²) < 4.78 is 15.4. The molecule has 1 aliphatic carbocycles. The summed E-state index contributed by atoms with van der Waals surface area (Å²) in [4.78, 5) is 17.3. The number of nitrogens with one attached hydrogen (secondary N) is 1. The Morgan fingerprint density at radius 3 is 2.88 bits per heavy atom. The molecule has 5 rings (SSSR count). The quantitative estimate of drug-likeness (QED) is 0.594. The van der Waals surface area contributed by atoms with Gasteiger partial charge in [-0.25, -0.2) is 13.9 Å². The predicted molar refractivity (Wildman–Crippen MR) is 121 cm³/mol. The Morgan fingerprint density at radius 1 is 1.21 bits per heavy atom. The van der Waals surface area contributed by atoms with Crippen LogP contribution < -0.4 is 10.2 Å². The number of amides is 2. The summed E-state index contributed by atoms with van der Waals surface area (Å²) in [7, 11) is 0. The molecule has 2 fully saturated rings. The summed E-state index contributed by atoms with van der Waals surface area (Å²) in [6.07, 6.45) is 7.21. The van der Waals surface area contributed by atoms with Gasteiger partial charge in [0.2, 0.25) is 0 Å². The smallest absolute Gasteiger partial charge is 0.318 e. The Bertz CT molecular complexity index is 1120. The highest BCUT2D eigenvalue weighted by Crippen LogP contribution is 2.32. The highest BCUT2D eigenvalue weighted by molar-refractivity contribution is 6.30. The molecule has 9 nitrogen and oxygen atoms in total. The lowest BCUT2D eigenvalue weighted by Gasteiger charge is -2.39. The molecule has 3 aromatic rings. The standard InChI is InChI=1S/C22H24ClFN8O/c23-15-5-8-19(24)20(11-15)31-13-16(27-29-31)12-25-22(33)32(17-6-7-17)18-3-2-10-30(14-18)21-4-1-9-26-28-21/h1,4-5,8-9,11,13,17-18H,2-3,6-7,10,12,14H2,(H,25,33)/t18-/m1/s1. The first-order valence-corrected chi connectivity index (χ1v) is 11.4. The molecule has 1 aliphatic heterocycles. The van der Waals surface area contributed by atoms with E-state index in [9.17, 15) is 9.18 Å². The van der Waals surface area contributed by atoms with Crippen LogP contribution in [0.15, 0.2) is 42.7 Å². The second-order valence-electron chi connectivity index (χ2n) is 8.37. The van der Waals surface area contributed by atoms with Gasteiger partial charge in [0.05, 0.1) is 18.8 Å². The third-order valence-corrected chi connectivity index (χ3v) is 6.20. The van der Waals surface area contributed by atoms with Crippen molar-refractivity contribution in [1.82, 2.24) is 35.4 Å². The number of nitrogens with zero attached hydrogens (tertiary/aromatic N) is 7. The van der Waals surface area contributed by atoms with E-state index >= 15 is 0 Å². The first-order chi connectivity index (χ1) is 16.1. The lowest BCUT2D eigenvalue weighted by atomic mass is 10.0. The molecule has 11 heteroatoms. The first-order valence-electron chi connectivity index (χ1n) is 11.0. The molecule has 0 bridgehead atoms. The molecule has 2 aliphatic rings. The van der Waals surface area contributed by atoms with Gasteiger partial charge < -0.3 is 15.1 Å². The highest BCUT2D eigenvalue weighted by atomic mass is 35.5. The van der Waals surface area contributed by atoms with E-state index in [1.807, 2.05) is 17.0 Å². The SMILES string of the molecule is O=C(NCc1cn(-c2cc(Cl)ccc2F)nn1)N(C1CC1)[C@@H]1CCCN(c2cccnn2)C1. The Labute approximate surface area is 195 Å². The van der Waals surface area contributed by atoms with Crippen molar-refractivity contribution in [3.8, 4) is 5.69 Å². The lowest BCUT2D eigenvalue weighted by molar-refractivity contribution is 0.160. The first kappa shape index (κ1) is 21.6. The maximum absolute atomic E-state index is 14.1. The molecule has 0 radical (unpaired) electrons. The number of hydrogen-bond donors (Lipinski definition) is 1. The minimum Gasteiger partial charge on any atom is -0.353 e. The predicted octanol–water partition coefficient (Wildman–Crippen LogP) is 3.19. The van der Waals surface area contributed by atoms with Crippen molar-refractivity contribution < 1.29 is 9.18 Å². The Balaban J connectivity index is 1.24. The van der Waals surface area contributed by atoms with Gasteiger partial charge in [-0.15, -0.1) is 10.2 Å². The molecule has 172 valence electrons. The van der Waals surface area contributed by atoms with Gasteiger partial charge in [0.15, 0.2) is 5.82 Å². The molecular formula is C22H24ClFN8O. The fourth-order valence-electron chi connectivity index (χ4n) is 4.25. The molecule has 0 spiro atoms. The van der Waals surface area contributed by atoms with E-state index in [2.05, 4.69) is 30.7 Å². The summed E-state index contributed by atoms with van der Waals surface area (Å²) in [5.41, 5.74) is 0.738. The number of rotatable bonds is 6. The van der Waals surface area contributed by atoms with Crippen LogP contribution in [0.25, 0.3) is 5.69 Å². The van der Waals surface area contributed by atoms with Gasteiger partial charge in [-0.3, -0.25) is 0 Å². The van der Waals surface area contributed by atoms with E-state index in [0.29, 0.717) is 10.7 Å². The van der Waals surface area contributed by atoms with Gasteiger partial charge in [0.1, 0.15) is 17.2 Å². The summed E-state index contributed by atoms with van der Waals surface area (Å²) in [5.74, 6) is 0.382. The van der Waals surface area contributed by atoms with E-state index < -0.39 is 5.82 Å². The van der Waals surface area contributed by atoms with Crippen molar-refractivity contribution in [3.63, 3.8) is 0 Å². The molecule has 3 heterocycles. The van der Waals surface area contributed by atoms with Crippen LogP contribution in [-0.4, -0.2) is 61.3 Å². The molecule has 2 aromatic heterocycles. The van der Waals surface area contributed by atoms with Crippen molar-refractivity contribution in [2.45, 2.75) is 44.3 Å². The molecule has 1 aromatic carbocycles. The fourth-order valence-corrected chi connectivity index (χ4v) is 4.42. The zero-order valence-electron chi connectivity index (χ0n) is 17.9. The van der Waals surface area contributed by atoms with Gasteiger partial charge in [-0.1, -0.05) is 16.8 Å². The zero-order chi connectivity index (χ0) is 22.8. The summed E-state index contributed by atoms with van der Waals surface area (Å²) >= 11 is 5.97. The van der Waals surface area contributed by atoms with E-state index in [1.54, 1.807) is 12.4 Å². The largest absolute Gasteiger partial charge is 0.353 e. The van der Waals surface area contributed by atoms with Crippen LogP contribution in [0.3, 0.4) is 0 Å². The van der Waals surface area contributed by atoms with Gasteiger partial charge in [-0.05, 0) is 56.0 Å². The zero-order valence-corrected chi connectivity index (χ0v) is 18.7. The number of anilines is 1. The highest BCUT2D eigenvalue weighted by Gasteiger charge is 2.39. The molecule has 33 heavy (non-hydrogen) atoms. The average molecular weight is 471 g/mol. The molecule has 1 saturated carbocycles. The Morgan fingerprint density at radius 2 is 2.09 bits per heavy atom. The van der Waals surface area contributed by atoms with Crippen molar-refractivity contribution in [1.29, 1.82) is 0 Å². The third-order valence-electron chi connectivity index (χ3n) is 5.96. The number of urea groups is 1. The summed E-state index contributed by atoms with van der Waals surface area (Å²) in [6, 6.07) is 8.30. The van der Waals surface area contributed by atoms with Crippen LogP contribution in [0, 0.1) is 5.82 Å². The number of halogens is 2. The normalized spacial score (nSPS) is 18.2. The molecule has 2 amide bonds. The van der Waals surface area contributed by atoms with Crippen LogP contribution in [0.4, 0.5) is 15.0 Å². The van der Waals surface area contributed by atoms with Crippen LogP contribution in [0.5, 0.6) is 0 Å². The average Bonchev–Trinajstić information content (AvgIpc) is 3.56. The van der Waals surface area contributed by atoms with Crippen LogP contribution in [0.1, 0.15) is 31.4 Å². The second kappa shape index (κ2) is 9.30. The maximum atomic E-state index is 14.1. The minimum absolute atomic E-state index is 0.101. The van der Waals surface area contributed by atoms with Gasteiger partial charge in [0, 0.05) is 30.4 Å². The van der Waals surface area contributed by atoms with Gasteiger partial charge >= 0.3 is 6.03 Å². The number of benzene rings is 1. The van der Waals surface area contributed by atoms with Crippen LogP contribution in [-0.2, 0) is 6.54 Å². The molecule has 1 saturated heterocycles. The molecule has 0 unspecified atom stereocenters. The van der Waals surface area contributed by atoms with Crippen molar-refractivity contribution in [2.24, 2.45) is 0 Å². The van der Waals surface area contributed by atoms with Crippen molar-refractivity contribution in [3.05, 3.63) is 59.3 Å².